The molecule has 1 aromatic rings. The number of nitrogens with two attached hydrogens (primary N) is 1. The molecule has 0 aliphatic carbocycles. The molecule has 0 radical (unpaired) electrons. The Labute approximate surface area is 126 Å². The van der Waals surface area contributed by atoms with Crippen LogP contribution in [0.4, 0.5) is 0 Å². The van der Waals surface area contributed by atoms with E-state index in [1.807, 2.05) is 51.1 Å². The van der Waals surface area contributed by atoms with Crippen molar-refractivity contribution in [3.63, 3.8) is 0 Å². The summed E-state index contributed by atoms with van der Waals surface area (Å²) in [4.78, 5) is 24.3. The molecule has 2 atom stereocenters. The molecule has 5 heteroatoms. The summed E-state index contributed by atoms with van der Waals surface area (Å²) >= 11 is 0. The quantitative estimate of drug-likeness (QED) is 0.709. The van der Waals surface area contributed by atoms with Crippen LogP contribution < -0.4 is 16.4 Å². The number of carbonyl (C=O) groups excluding carboxylic acids is 2. The summed E-state index contributed by atoms with van der Waals surface area (Å²) in [6.45, 7) is 6.12. The lowest BCUT2D eigenvalue weighted by molar-refractivity contribution is -0.129. The number of hydrogen-bond donors (Lipinski definition) is 3. The highest BCUT2D eigenvalue weighted by molar-refractivity contribution is 5.88. The number of hydrogen-bond acceptors (Lipinski definition) is 3. The predicted molar refractivity (Wildman–Crippen MR) is 83.4 cm³/mol. The third kappa shape index (κ3) is 5.95. The van der Waals surface area contributed by atoms with E-state index >= 15 is 0 Å². The van der Waals surface area contributed by atoms with Crippen LogP contribution in [0.1, 0.15) is 38.8 Å². The van der Waals surface area contributed by atoms with Crippen LogP contribution in [-0.2, 0) is 9.59 Å². The Morgan fingerprint density at radius 1 is 1.10 bits per heavy atom. The lowest BCUT2D eigenvalue weighted by Crippen LogP contribution is -2.45. The van der Waals surface area contributed by atoms with E-state index in [2.05, 4.69) is 10.6 Å². The molecule has 0 aliphatic heterocycles. The molecule has 0 bridgehead atoms. The third-order valence-corrected chi connectivity index (χ3v) is 3.04. The van der Waals surface area contributed by atoms with Gasteiger partial charge in [-0.2, -0.15) is 0 Å². The topological polar surface area (TPSA) is 84.2 Å². The molecule has 4 N–H and O–H groups in total. The van der Waals surface area contributed by atoms with Crippen molar-refractivity contribution in [1.29, 1.82) is 0 Å². The van der Waals surface area contributed by atoms with E-state index in [0.29, 0.717) is 13.0 Å². The molecule has 1 aromatic carbocycles. The van der Waals surface area contributed by atoms with Gasteiger partial charge >= 0.3 is 0 Å². The zero-order chi connectivity index (χ0) is 15.8. The molecular weight excluding hydrogens is 266 g/mol. The molecule has 1 unspecified atom stereocenters. The Balaban J connectivity index is 2.85. The normalized spacial score (nSPS) is 13.6. The smallest absolute Gasteiger partial charge is 0.247 e. The van der Waals surface area contributed by atoms with Crippen molar-refractivity contribution in [1.82, 2.24) is 10.6 Å². The van der Waals surface area contributed by atoms with Gasteiger partial charge < -0.3 is 16.4 Å². The van der Waals surface area contributed by atoms with E-state index in [9.17, 15) is 9.59 Å². The van der Waals surface area contributed by atoms with Crippen molar-refractivity contribution in [2.75, 3.05) is 6.54 Å². The molecule has 2 amide bonds. The van der Waals surface area contributed by atoms with Crippen LogP contribution in [0.2, 0.25) is 0 Å². The molecule has 116 valence electrons. The minimum atomic E-state index is -0.688. The van der Waals surface area contributed by atoms with Crippen molar-refractivity contribution in [2.45, 2.75) is 39.3 Å². The monoisotopic (exact) mass is 291 g/mol. The van der Waals surface area contributed by atoms with E-state index in [1.54, 1.807) is 0 Å². The molecule has 0 fully saturated rings. The average molecular weight is 291 g/mol. The van der Waals surface area contributed by atoms with E-state index in [0.717, 1.165) is 5.56 Å². The van der Waals surface area contributed by atoms with Crippen molar-refractivity contribution >= 4 is 11.8 Å². The minimum Gasteiger partial charge on any atom is -0.350 e. The number of nitrogens with one attached hydrogen (secondary N) is 2. The Morgan fingerprint density at radius 2 is 1.71 bits per heavy atom. The Bertz CT molecular complexity index is 460. The lowest BCUT2D eigenvalue weighted by atomic mass is 10.0. The molecule has 0 saturated carbocycles. The van der Waals surface area contributed by atoms with Gasteiger partial charge in [0, 0.05) is 19.0 Å². The summed E-state index contributed by atoms with van der Waals surface area (Å²) in [7, 11) is 0. The standard InChI is InChI=1S/C16H25N3O2/c1-11(2)9-14(20)19-15(13-7-5-4-6-8-13)16(21)18-12(3)10-17/h4-8,11-12,15H,9-10,17H2,1-3H3,(H,18,21)(H,19,20)/t12-,15?/m0/s1. The minimum absolute atomic E-state index is 0.130. The van der Waals surface area contributed by atoms with Crippen molar-refractivity contribution in [3.05, 3.63) is 35.9 Å². The first-order chi connectivity index (χ1) is 9.93. The van der Waals surface area contributed by atoms with Crippen LogP contribution in [-0.4, -0.2) is 24.4 Å². The van der Waals surface area contributed by atoms with Gasteiger partial charge in [0.25, 0.3) is 0 Å². The highest BCUT2D eigenvalue weighted by Gasteiger charge is 2.23. The maximum Gasteiger partial charge on any atom is 0.247 e. The summed E-state index contributed by atoms with van der Waals surface area (Å²) in [5.74, 6) is -0.127. The van der Waals surface area contributed by atoms with Crippen LogP contribution in [0.15, 0.2) is 30.3 Å². The van der Waals surface area contributed by atoms with Gasteiger partial charge in [0.1, 0.15) is 6.04 Å². The molecular formula is C16H25N3O2. The first-order valence-electron chi connectivity index (χ1n) is 7.28. The predicted octanol–water partition coefficient (Wildman–Crippen LogP) is 1.35. The maximum absolute atomic E-state index is 12.4. The fourth-order valence-corrected chi connectivity index (χ4v) is 1.92. The fraction of sp³-hybridized carbons (Fsp3) is 0.500. The molecule has 0 heterocycles. The molecule has 0 saturated heterocycles. The summed E-state index contributed by atoms with van der Waals surface area (Å²) in [5.41, 5.74) is 6.28. The second kappa shape index (κ2) is 8.42. The number of carbonyl (C=O) groups is 2. The molecule has 0 aromatic heterocycles. The molecule has 5 nitrogen and oxygen atoms in total. The Morgan fingerprint density at radius 3 is 2.24 bits per heavy atom. The number of amides is 2. The number of benzene rings is 1. The van der Waals surface area contributed by atoms with Gasteiger partial charge in [-0.05, 0) is 18.4 Å². The van der Waals surface area contributed by atoms with Crippen LogP contribution in [0.25, 0.3) is 0 Å². The van der Waals surface area contributed by atoms with Gasteiger partial charge in [-0.1, -0.05) is 44.2 Å². The molecule has 1 rings (SSSR count). The van der Waals surface area contributed by atoms with Crippen molar-refractivity contribution in [2.24, 2.45) is 11.7 Å². The second-order valence-corrected chi connectivity index (χ2v) is 5.65. The van der Waals surface area contributed by atoms with E-state index < -0.39 is 6.04 Å². The van der Waals surface area contributed by atoms with Crippen LogP contribution in [0.5, 0.6) is 0 Å². The SMILES string of the molecule is CC(C)CC(=O)NC(C(=O)N[C@@H](C)CN)c1ccccc1. The third-order valence-electron chi connectivity index (χ3n) is 3.04. The van der Waals surface area contributed by atoms with Gasteiger partial charge in [-0.25, -0.2) is 0 Å². The highest BCUT2D eigenvalue weighted by Crippen LogP contribution is 2.14. The maximum atomic E-state index is 12.4. The van der Waals surface area contributed by atoms with Gasteiger partial charge in [0.05, 0.1) is 0 Å². The molecule has 0 spiro atoms. The van der Waals surface area contributed by atoms with Gasteiger partial charge in [0.15, 0.2) is 0 Å². The molecule has 0 aliphatic rings. The Kier molecular flexibility index (Phi) is 6.88. The summed E-state index contributed by atoms with van der Waals surface area (Å²) < 4.78 is 0. The molecule has 21 heavy (non-hydrogen) atoms. The average Bonchev–Trinajstić information content (AvgIpc) is 2.44. The van der Waals surface area contributed by atoms with Gasteiger partial charge in [0.2, 0.25) is 11.8 Å². The largest absolute Gasteiger partial charge is 0.350 e. The first-order valence-corrected chi connectivity index (χ1v) is 7.28. The van der Waals surface area contributed by atoms with Gasteiger partial charge in [-0.3, -0.25) is 9.59 Å². The zero-order valence-corrected chi connectivity index (χ0v) is 12.9. The van der Waals surface area contributed by atoms with E-state index in [1.165, 1.54) is 0 Å². The van der Waals surface area contributed by atoms with Crippen LogP contribution >= 0.6 is 0 Å². The summed E-state index contributed by atoms with van der Waals surface area (Å²) in [6, 6.07) is 8.39. The van der Waals surface area contributed by atoms with Gasteiger partial charge in [-0.15, -0.1) is 0 Å². The fourth-order valence-electron chi connectivity index (χ4n) is 1.92. The van der Waals surface area contributed by atoms with Crippen LogP contribution in [0.3, 0.4) is 0 Å². The van der Waals surface area contributed by atoms with Crippen molar-refractivity contribution in [3.8, 4) is 0 Å². The lowest BCUT2D eigenvalue weighted by Gasteiger charge is -2.21. The van der Waals surface area contributed by atoms with Crippen LogP contribution in [0, 0.1) is 5.92 Å². The summed E-state index contributed by atoms with van der Waals surface area (Å²) in [5, 5.41) is 5.61. The van der Waals surface area contributed by atoms with E-state index in [4.69, 9.17) is 5.73 Å². The second-order valence-electron chi connectivity index (χ2n) is 5.65. The van der Waals surface area contributed by atoms with Crippen molar-refractivity contribution < 1.29 is 9.59 Å². The number of rotatable bonds is 7. The van der Waals surface area contributed by atoms with E-state index in [-0.39, 0.29) is 23.8 Å². The Hall–Kier alpha value is -1.88. The highest BCUT2D eigenvalue weighted by atomic mass is 16.2. The zero-order valence-electron chi connectivity index (χ0n) is 12.9. The first kappa shape index (κ1) is 17.2. The summed E-state index contributed by atoms with van der Waals surface area (Å²) in [6.07, 6.45) is 0.392.